The van der Waals surface area contributed by atoms with Crippen LogP contribution in [0.2, 0.25) is 0 Å². The van der Waals surface area contributed by atoms with Crippen LogP contribution in [0.15, 0.2) is 42.6 Å². The van der Waals surface area contributed by atoms with Crippen LogP contribution < -0.4 is 4.74 Å². The molecule has 0 saturated heterocycles. The Morgan fingerprint density at radius 1 is 0.829 bits per heavy atom. The molecular weight excluding hydrogens is 426 g/mol. The van der Waals surface area contributed by atoms with Crippen LogP contribution >= 0.6 is 0 Å². The molecule has 1 atom stereocenters. The van der Waals surface area contributed by atoms with Crippen molar-refractivity contribution in [3.05, 3.63) is 48.2 Å². The van der Waals surface area contributed by atoms with Crippen LogP contribution in [0.3, 0.4) is 0 Å². The Balaban J connectivity index is 1.31. The number of hydrogen-bond donors (Lipinski definition) is 0. The standard InChI is InChI=1S/C33H51NO/c1-4-6-7-12-28-15-17-29(18-16-28)14-10-25-35-32-22-20-31(21-23-32)33-24-19-30(26-34-33)13-9-8-11-27(3)5-2/h19-24,26-29H,4-18,25H2,1-3H3/t27-,28?,29?/m0/s1. The Morgan fingerprint density at radius 3 is 2.17 bits per heavy atom. The van der Waals surface area contributed by atoms with Gasteiger partial charge < -0.3 is 4.74 Å². The van der Waals surface area contributed by atoms with E-state index in [2.05, 4.69) is 63.4 Å². The molecule has 1 saturated carbocycles. The Morgan fingerprint density at radius 2 is 1.54 bits per heavy atom. The fraction of sp³-hybridized carbons (Fsp3) is 0.667. The fourth-order valence-electron chi connectivity index (χ4n) is 5.54. The Labute approximate surface area is 216 Å². The van der Waals surface area contributed by atoms with Crippen LogP contribution in [0, 0.1) is 17.8 Å². The van der Waals surface area contributed by atoms with Crippen LogP contribution in [0.5, 0.6) is 5.75 Å². The first-order valence-corrected chi connectivity index (χ1v) is 14.9. The van der Waals surface area contributed by atoms with Gasteiger partial charge in [0.05, 0.1) is 12.3 Å². The zero-order valence-electron chi connectivity index (χ0n) is 22.9. The average molecular weight is 478 g/mol. The van der Waals surface area contributed by atoms with E-state index in [1.54, 1.807) is 0 Å². The molecule has 1 aliphatic carbocycles. The summed E-state index contributed by atoms with van der Waals surface area (Å²) < 4.78 is 6.05. The fourth-order valence-corrected chi connectivity index (χ4v) is 5.54. The maximum atomic E-state index is 6.05. The molecule has 0 unspecified atom stereocenters. The molecule has 2 heteroatoms. The highest BCUT2D eigenvalue weighted by molar-refractivity contribution is 5.60. The van der Waals surface area contributed by atoms with Crippen molar-refractivity contribution in [2.24, 2.45) is 17.8 Å². The Kier molecular flexibility index (Phi) is 12.7. The van der Waals surface area contributed by atoms with Gasteiger partial charge in [0.25, 0.3) is 0 Å². The van der Waals surface area contributed by atoms with Crippen molar-refractivity contribution in [2.45, 2.75) is 117 Å². The lowest BCUT2D eigenvalue weighted by Crippen LogP contribution is -2.15. The topological polar surface area (TPSA) is 22.1 Å². The molecule has 0 radical (unpaired) electrons. The SMILES string of the molecule is CCCCCC1CCC(CCCOc2ccc(-c3ccc(CCCC[C@@H](C)CC)cn3)cc2)CC1. The molecule has 0 spiro atoms. The minimum Gasteiger partial charge on any atom is -0.494 e. The first kappa shape index (κ1) is 27.8. The molecule has 1 aliphatic rings. The van der Waals surface area contributed by atoms with Gasteiger partial charge in [0.2, 0.25) is 0 Å². The first-order valence-electron chi connectivity index (χ1n) is 14.9. The predicted molar refractivity (Wildman–Crippen MR) is 151 cm³/mol. The van der Waals surface area contributed by atoms with Crippen LogP contribution in [-0.4, -0.2) is 11.6 Å². The van der Waals surface area contributed by atoms with Gasteiger partial charge in [-0.1, -0.05) is 97.5 Å². The highest BCUT2D eigenvalue weighted by atomic mass is 16.5. The summed E-state index contributed by atoms with van der Waals surface area (Å²) in [6, 6.07) is 12.9. The second-order valence-electron chi connectivity index (χ2n) is 11.2. The molecule has 1 fully saturated rings. The molecule has 0 bridgehead atoms. The van der Waals surface area contributed by atoms with Crippen LogP contribution in [0.1, 0.15) is 116 Å². The zero-order valence-corrected chi connectivity index (χ0v) is 22.9. The molecule has 35 heavy (non-hydrogen) atoms. The van der Waals surface area contributed by atoms with Crippen molar-refractivity contribution in [1.82, 2.24) is 4.98 Å². The third kappa shape index (κ3) is 10.4. The number of aryl methyl sites for hydroxylation is 1. The molecule has 2 nitrogen and oxygen atoms in total. The van der Waals surface area contributed by atoms with Crippen LogP contribution in [-0.2, 0) is 6.42 Å². The summed E-state index contributed by atoms with van der Waals surface area (Å²) in [5.74, 6) is 3.77. The molecule has 1 heterocycles. The maximum absolute atomic E-state index is 6.05. The summed E-state index contributed by atoms with van der Waals surface area (Å²) in [5.41, 5.74) is 3.56. The normalized spacial score (nSPS) is 18.9. The number of rotatable bonds is 16. The second-order valence-corrected chi connectivity index (χ2v) is 11.2. The van der Waals surface area contributed by atoms with Crippen LogP contribution in [0.25, 0.3) is 11.3 Å². The quantitative estimate of drug-likeness (QED) is 0.224. The number of benzene rings is 1. The summed E-state index contributed by atoms with van der Waals surface area (Å²) in [4.78, 5) is 4.72. The molecule has 3 rings (SSSR count). The monoisotopic (exact) mass is 477 g/mol. The van der Waals surface area contributed by atoms with Crippen molar-refractivity contribution in [3.8, 4) is 17.0 Å². The summed E-state index contributed by atoms with van der Waals surface area (Å²) >= 11 is 0. The molecule has 1 aromatic carbocycles. The summed E-state index contributed by atoms with van der Waals surface area (Å²) in [6.45, 7) is 7.78. The highest BCUT2D eigenvalue weighted by Gasteiger charge is 2.20. The summed E-state index contributed by atoms with van der Waals surface area (Å²) in [6.07, 6.45) is 22.4. The van der Waals surface area contributed by atoms with E-state index in [0.29, 0.717) is 0 Å². The lowest BCUT2D eigenvalue weighted by atomic mass is 9.78. The summed E-state index contributed by atoms with van der Waals surface area (Å²) in [7, 11) is 0. The lowest BCUT2D eigenvalue weighted by Gasteiger charge is -2.28. The van der Waals surface area contributed by atoms with Crippen molar-refractivity contribution in [1.29, 1.82) is 0 Å². The average Bonchev–Trinajstić information content (AvgIpc) is 2.90. The minimum atomic E-state index is 0.833. The number of aromatic nitrogens is 1. The van der Waals surface area contributed by atoms with E-state index < -0.39 is 0 Å². The lowest BCUT2D eigenvalue weighted by molar-refractivity contribution is 0.228. The van der Waals surface area contributed by atoms with Crippen molar-refractivity contribution < 1.29 is 4.74 Å². The summed E-state index contributed by atoms with van der Waals surface area (Å²) in [5, 5.41) is 0. The molecule has 0 aliphatic heterocycles. The Hall–Kier alpha value is -1.83. The Bertz CT molecular complexity index is 789. The van der Waals surface area contributed by atoms with E-state index in [-0.39, 0.29) is 0 Å². The molecular formula is C33H51NO. The number of pyridine rings is 1. The van der Waals surface area contributed by atoms with Gasteiger partial charge in [-0.25, -0.2) is 0 Å². The largest absolute Gasteiger partial charge is 0.494 e. The number of unbranched alkanes of at least 4 members (excludes halogenated alkanes) is 3. The van der Waals surface area contributed by atoms with E-state index in [0.717, 1.165) is 47.8 Å². The molecule has 1 aromatic heterocycles. The first-order chi connectivity index (χ1) is 17.2. The van der Waals surface area contributed by atoms with E-state index in [9.17, 15) is 0 Å². The number of nitrogens with zero attached hydrogens (tertiary/aromatic N) is 1. The maximum Gasteiger partial charge on any atom is 0.119 e. The zero-order chi connectivity index (χ0) is 24.7. The number of hydrogen-bond acceptors (Lipinski definition) is 2. The van der Waals surface area contributed by atoms with E-state index in [1.165, 1.54) is 95.5 Å². The van der Waals surface area contributed by atoms with Gasteiger partial charge in [-0.2, -0.15) is 0 Å². The smallest absolute Gasteiger partial charge is 0.119 e. The predicted octanol–water partition coefficient (Wildman–Crippen LogP) is 10.1. The van der Waals surface area contributed by atoms with Gasteiger partial charge in [-0.15, -0.1) is 0 Å². The minimum absolute atomic E-state index is 0.833. The second kappa shape index (κ2) is 16.0. The third-order valence-corrected chi connectivity index (χ3v) is 8.29. The molecule has 2 aromatic rings. The van der Waals surface area contributed by atoms with Gasteiger partial charge in [0.15, 0.2) is 0 Å². The van der Waals surface area contributed by atoms with E-state index >= 15 is 0 Å². The number of ether oxygens (including phenoxy) is 1. The van der Waals surface area contributed by atoms with Gasteiger partial charge in [0.1, 0.15) is 5.75 Å². The van der Waals surface area contributed by atoms with Crippen molar-refractivity contribution in [2.75, 3.05) is 6.61 Å². The van der Waals surface area contributed by atoms with Gasteiger partial charge in [0, 0.05) is 11.8 Å². The third-order valence-electron chi connectivity index (χ3n) is 8.29. The van der Waals surface area contributed by atoms with Gasteiger partial charge in [-0.3, -0.25) is 4.98 Å². The molecule has 194 valence electrons. The van der Waals surface area contributed by atoms with E-state index in [4.69, 9.17) is 9.72 Å². The molecule has 0 N–H and O–H groups in total. The van der Waals surface area contributed by atoms with Gasteiger partial charge in [-0.05, 0) is 79.3 Å². The van der Waals surface area contributed by atoms with Crippen LogP contribution in [0.4, 0.5) is 0 Å². The molecule has 0 amide bonds. The highest BCUT2D eigenvalue weighted by Crippen LogP contribution is 2.34. The van der Waals surface area contributed by atoms with E-state index in [1.807, 2.05) is 0 Å². The van der Waals surface area contributed by atoms with Gasteiger partial charge >= 0.3 is 0 Å². The van der Waals surface area contributed by atoms with Crippen molar-refractivity contribution in [3.63, 3.8) is 0 Å². The van der Waals surface area contributed by atoms with Crippen molar-refractivity contribution >= 4 is 0 Å².